The van der Waals surface area contributed by atoms with Crippen molar-refractivity contribution in [2.75, 3.05) is 0 Å². The summed E-state index contributed by atoms with van der Waals surface area (Å²) in [6, 6.07) is 0. The van der Waals surface area contributed by atoms with Gasteiger partial charge in [0, 0.05) is 15.2 Å². The summed E-state index contributed by atoms with van der Waals surface area (Å²) >= 11 is 0. The molecule has 0 aromatic carbocycles. The van der Waals surface area contributed by atoms with Gasteiger partial charge in [-0.25, -0.2) is 0 Å². The predicted octanol–water partition coefficient (Wildman–Crippen LogP) is 0.823. The number of nitrogens with zero attached hydrogens (tertiary/aromatic N) is 3. The van der Waals surface area contributed by atoms with Crippen molar-refractivity contribution >= 4 is 27.6 Å². The fourth-order valence-electron chi connectivity index (χ4n) is 0.383. The molecule has 0 aromatic heterocycles. The van der Waals surface area contributed by atoms with Gasteiger partial charge in [0.05, 0.1) is 5.11 Å². The molecule has 7 heavy (non-hydrogen) atoms. The van der Waals surface area contributed by atoms with E-state index >= 15 is 0 Å². The van der Waals surface area contributed by atoms with Crippen LogP contribution in [0.1, 0.15) is 0 Å². The van der Waals surface area contributed by atoms with Gasteiger partial charge in [0.15, 0.2) is 11.0 Å². The number of fused-ring (bicyclic) bond motifs is 1. The summed E-state index contributed by atoms with van der Waals surface area (Å²) in [6.07, 6.45) is 0. The first-order valence-electron chi connectivity index (χ1n) is 1.78. The molecule has 0 aliphatic carbocycles. The Morgan fingerprint density at radius 3 is 3.00 bits per heavy atom. The molecule has 3 nitrogen and oxygen atoms in total. The molecule has 2 aliphatic heterocycles. The molecular formula is C2HN3S2+. The largest absolute Gasteiger partial charge is 0.415 e. The molecule has 0 N–H and O–H groups in total. The summed E-state index contributed by atoms with van der Waals surface area (Å²) in [4.78, 5) is 0. The van der Waals surface area contributed by atoms with Crippen LogP contribution in [0.3, 0.4) is 0 Å². The Balaban J connectivity index is 2.38. The highest BCUT2D eigenvalue weighted by Crippen LogP contribution is 2.35. The molecule has 5 heteroatoms. The Morgan fingerprint density at radius 1 is 1.71 bits per heavy atom. The van der Waals surface area contributed by atoms with Crippen LogP contribution in [0.2, 0.25) is 0 Å². The van der Waals surface area contributed by atoms with Crippen LogP contribution in [0.4, 0.5) is 0 Å². The molecule has 0 aromatic rings. The quantitative estimate of drug-likeness (QED) is 0.360. The highest BCUT2D eigenvalue weighted by atomic mass is 33.1. The average Bonchev–Trinajstić information content (AvgIpc) is 1.85. The summed E-state index contributed by atoms with van der Waals surface area (Å²) in [5.74, 6) is 0.898. The van der Waals surface area contributed by atoms with Gasteiger partial charge >= 0.3 is 5.84 Å². The van der Waals surface area contributed by atoms with Crippen molar-refractivity contribution in [1.82, 2.24) is 4.40 Å². The number of rotatable bonds is 0. The molecule has 2 rings (SSSR count). The minimum atomic E-state index is 0.282. The minimum absolute atomic E-state index is 0.282. The van der Waals surface area contributed by atoms with E-state index in [-0.39, 0.29) is 5.37 Å². The van der Waals surface area contributed by atoms with Gasteiger partial charge in [-0.05, 0) is 5.11 Å². The molecule has 1 radical (unpaired) electrons. The second-order valence-electron chi connectivity index (χ2n) is 1.19. The van der Waals surface area contributed by atoms with Gasteiger partial charge in [0.2, 0.25) is 0 Å². The fourth-order valence-corrected chi connectivity index (χ4v) is 2.03. The lowest BCUT2D eigenvalue weighted by molar-refractivity contribution is 0.956. The van der Waals surface area contributed by atoms with Gasteiger partial charge in [-0.3, -0.25) is 0 Å². The van der Waals surface area contributed by atoms with Crippen LogP contribution in [0.5, 0.6) is 0 Å². The Kier molecular flexibility index (Phi) is 0.685. The molecule has 35 valence electrons. The summed E-state index contributed by atoms with van der Waals surface area (Å²) < 4.78 is 3.94. The van der Waals surface area contributed by atoms with E-state index in [2.05, 4.69) is 14.6 Å². The normalized spacial score (nSPS) is 34.3. The second kappa shape index (κ2) is 1.23. The van der Waals surface area contributed by atoms with Crippen LogP contribution in [0, 0.1) is 0 Å². The predicted molar refractivity (Wildman–Crippen MR) is 31.0 cm³/mol. The Hall–Kier alpha value is -0.0300. The molecule has 0 saturated heterocycles. The average molecular weight is 131 g/mol. The van der Waals surface area contributed by atoms with E-state index in [1.54, 1.807) is 10.8 Å². The van der Waals surface area contributed by atoms with Crippen LogP contribution < -0.4 is 4.40 Å². The van der Waals surface area contributed by atoms with Crippen LogP contribution >= 0.6 is 21.8 Å². The standard InChI is InChI=1S/C2HN3S2/c3-1-2(4-3)6-7-5-1/h2H/q+1. The number of hydrogen-bond donors (Lipinski definition) is 0. The van der Waals surface area contributed by atoms with Gasteiger partial charge < -0.3 is 0 Å². The van der Waals surface area contributed by atoms with Crippen molar-refractivity contribution in [3.05, 3.63) is 0 Å². The molecule has 0 fully saturated rings. The molecule has 1 unspecified atom stereocenters. The lowest BCUT2D eigenvalue weighted by Gasteiger charge is -1.92. The van der Waals surface area contributed by atoms with E-state index in [4.69, 9.17) is 0 Å². The lowest BCUT2D eigenvalue weighted by Crippen LogP contribution is -2.17. The van der Waals surface area contributed by atoms with E-state index in [1.165, 1.54) is 11.0 Å². The van der Waals surface area contributed by atoms with E-state index in [0.717, 1.165) is 5.84 Å². The fraction of sp³-hybridized carbons (Fsp3) is 0.500. The van der Waals surface area contributed by atoms with Crippen LogP contribution in [-0.4, -0.2) is 11.2 Å². The van der Waals surface area contributed by atoms with E-state index in [0.29, 0.717) is 0 Å². The van der Waals surface area contributed by atoms with Gasteiger partial charge in [-0.15, -0.1) is 0 Å². The second-order valence-corrected chi connectivity index (χ2v) is 3.18. The van der Waals surface area contributed by atoms with Gasteiger partial charge in [-0.2, -0.15) is 0 Å². The van der Waals surface area contributed by atoms with Crippen LogP contribution in [0.25, 0.3) is 0 Å². The highest BCUT2D eigenvalue weighted by Gasteiger charge is 2.42. The molecule has 1 atom stereocenters. The summed E-state index contributed by atoms with van der Waals surface area (Å²) in [5, 5.41) is 7.71. The monoisotopic (exact) mass is 131 g/mol. The zero-order valence-corrected chi connectivity index (χ0v) is 4.87. The first-order valence-corrected chi connectivity index (χ1v) is 3.95. The van der Waals surface area contributed by atoms with Gasteiger partial charge in [-0.1, -0.05) is 0 Å². The third kappa shape index (κ3) is 0.420. The summed E-state index contributed by atoms with van der Waals surface area (Å²) in [7, 11) is 3.11. The summed E-state index contributed by atoms with van der Waals surface area (Å²) in [5.41, 5.74) is 0. The van der Waals surface area contributed by atoms with Gasteiger partial charge in [0.1, 0.15) is 0 Å². The van der Waals surface area contributed by atoms with Crippen molar-refractivity contribution in [2.45, 2.75) is 5.37 Å². The molecule has 0 saturated carbocycles. The first kappa shape index (κ1) is 3.91. The maximum absolute atomic E-state index is 3.94. The molecule has 2 aliphatic rings. The zero-order chi connectivity index (χ0) is 4.69. The van der Waals surface area contributed by atoms with Crippen molar-refractivity contribution in [1.29, 1.82) is 0 Å². The van der Waals surface area contributed by atoms with Crippen molar-refractivity contribution < 1.29 is 0 Å². The Labute approximate surface area is 48.2 Å². The topological polar surface area (TPSA) is 38.8 Å². The van der Waals surface area contributed by atoms with Crippen LogP contribution in [-0.2, 0) is 0 Å². The Morgan fingerprint density at radius 2 is 2.71 bits per heavy atom. The van der Waals surface area contributed by atoms with Crippen molar-refractivity contribution in [3.63, 3.8) is 0 Å². The third-order valence-corrected chi connectivity index (χ3v) is 2.61. The minimum Gasteiger partial charge on any atom is -0.0462 e. The number of azo groups is 1. The Bertz CT molecular complexity index is 151. The van der Waals surface area contributed by atoms with E-state index in [9.17, 15) is 0 Å². The third-order valence-electron chi connectivity index (χ3n) is 0.751. The van der Waals surface area contributed by atoms with E-state index < -0.39 is 0 Å². The number of hydrogen-bond acceptors (Lipinski definition) is 5. The molecule has 0 bridgehead atoms. The molecule has 0 amide bonds. The zero-order valence-electron chi connectivity index (χ0n) is 3.24. The number of amidine groups is 1. The lowest BCUT2D eigenvalue weighted by atomic mass is 10.6. The van der Waals surface area contributed by atoms with Crippen molar-refractivity contribution in [2.24, 2.45) is 10.2 Å². The first-order chi connectivity index (χ1) is 3.47. The van der Waals surface area contributed by atoms with Crippen molar-refractivity contribution in [3.8, 4) is 0 Å². The maximum atomic E-state index is 3.94. The maximum Gasteiger partial charge on any atom is 0.415 e. The summed E-state index contributed by atoms with van der Waals surface area (Å²) in [6.45, 7) is 0. The molecule has 2 heterocycles. The SMILES string of the molecule is N1=NC2SS[N+]=C12. The smallest absolute Gasteiger partial charge is 0.0462 e. The highest BCUT2D eigenvalue weighted by molar-refractivity contribution is 8.76. The van der Waals surface area contributed by atoms with E-state index in [1.807, 2.05) is 0 Å². The molecule has 0 spiro atoms. The molecular weight excluding hydrogens is 130 g/mol. The van der Waals surface area contributed by atoms with Crippen LogP contribution in [0.15, 0.2) is 10.2 Å². The van der Waals surface area contributed by atoms with Gasteiger partial charge in [0.25, 0.3) is 5.37 Å².